The van der Waals surface area contributed by atoms with Crippen LogP contribution in [0, 0.1) is 0 Å². The summed E-state index contributed by atoms with van der Waals surface area (Å²) in [7, 11) is 0. The molecule has 2 aromatic rings. The summed E-state index contributed by atoms with van der Waals surface area (Å²) in [4.78, 5) is 0. The largest absolute Gasteiger partial charge is 0.399 e. The molecular weight excluding hydrogens is 190 g/mol. The number of tetrazole rings is 1. The monoisotopic (exact) mass is 197 g/mol. The lowest BCUT2D eigenvalue weighted by molar-refractivity contribution is 0.881. The Morgan fingerprint density at radius 2 is 2.15 bits per heavy atom. The Bertz CT molecular complexity index is 372. The zero-order valence-corrected chi connectivity index (χ0v) is 7.45. The number of benzene rings is 1. The molecule has 0 spiro atoms. The van der Waals surface area contributed by atoms with Gasteiger partial charge in [-0.3, -0.25) is 0 Å². The highest BCUT2D eigenvalue weighted by atomic mass is 35.5. The highest BCUT2D eigenvalue weighted by molar-refractivity contribution is 5.85. The number of halogens is 1. The van der Waals surface area contributed by atoms with Crippen molar-refractivity contribution in [1.82, 2.24) is 20.6 Å². The van der Waals surface area contributed by atoms with E-state index in [1.807, 2.05) is 18.2 Å². The van der Waals surface area contributed by atoms with E-state index in [-0.39, 0.29) is 12.4 Å². The van der Waals surface area contributed by atoms with Crippen LogP contribution in [0.25, 0.3) is 11.4 Å². The van der Waals surface area contributed by atoms with E-state index in [0.717, 1.165) is 5.56 Å². The van der Waals surface area contributed by atoms with Gasteiger partial charge >= 0.3 is 0 Å². The quantitative estimate of drug-likeness (QED) is 0.665. The molecule has 0 fully saturated rings. The number of aromatic amines is 1. The molecule has 0 aliphatic carbocycles. The maximum atomic E-state index is 5.58. The second kappa shape index (κ2) is 3.86. The molecule has 3 N–H and O–H groups in total. The Morgan fingerprint density at radius 3 is 2.77 bits per heavy atom. The van der Waals surface area contributed by atoms with E-state index in [4.69, 9.17) is 5.73 Å². The highest BCUT2D eigenvalue weighted by Crippen LogP contribution is 2.15. The smallest absolute Gasteiger partial charge is 0.204 e. The number of nitrogen functional groups attached to an aromatic ring is 1. The minimum absolute atomic E-state index is 0. The minimum Gasteiger partial charge on any atom is -0.399 e. The van der Waals surface area contributed by atoms with Crippen LogP contribution in [0.2, 0.25) is 0 Å². The summed E-state index contributed by atoms with van der Waals surface area (Å²) in [5.41, 5.74) is 7.14. The number of hydrogen-bond acceptors (Lipinski definition) is 4. The Morgan fingerprint density at radius 1 is 1.31 bits per heavy atom. The Balaban J connectivity index is 0.000000845. The van der Waals surface area contributed by atoms with Gasteiger partial charge in [0.2, 0.25) is 5.82 Å². The van der Waals surface area contributed by atoms with E-state index in [1.54, 1.807) is 6.07 Å². The molecule has 5 nitrogen and oxygen atoms in total. The maximum Gasteiger partial charge on any atom is 0.204 e. The van der Waals surface area contributed by atoms with E-state index < -0.39 is 0 Å². The first-order valence-corrected chi connectivity index (χ1v) is 3.45. The summed E-state index contributed by atoms with van der Waals surface area (Å²) in [6, 6.07) is 7.33. The van der Waals surface area contributed by atoms with Crippen LogP contribution in [-0.4, -0.2) is 20.6 Å². The average Bonchev–Trinajstić information content (AvgIpc) is 2.56. The SMILES string of the molecule is Cl.Nc1cccc(-c2nn[nH]n2)c1. The molecule has 0 saturated carbocycles. The normalized spacial score (nSPS) is 9.23. The van der Waals surface area contributed by atoms with Gasteiger partial charge in [-0.05, 0) is 17.3 Å². The Kier molecular flexibility index (Phi) is 2.81. The standard InChI is InChI=1S/C7H7N5.ClH/c8-6-3-1-2-5(4-6)7-9-11-12-10-7;/h1-4H,8H2,(H,9,10,11,12);1H. The van der Waals surface area contributed by atoms with Crippen LogP contribution < -0.4 is 5.73 Å². The van der Waals surface area contributed by atoms with Gasteiger partial charge in [-0.2, -0.15) is 5.21 Å². The fraction of sp³-hybridized carbons (Fsp3) is 0. The third kappa shape index (κ3) is 1.94. The van der Waals surface area contributed by atoms with Crippen LogP contribution >= 0.6 is 12.4 Å². The van der Waals surface area contributed by atoms with Gasteiger partial charge in [0, 0.05) is 11.3 Å². The molecule has 0 bridgehead atoms. The van der Waals surface area contributed by atoms with Crippen molar-refractivity contribution in [3.63, 3.8) is 0 Å². The van der Waals surface area contributed by atoms with Crippen molar-refractivity contribution < 1.29 is 0 Å². The minimum atomic E-state index is 0. The van der Waals surface area contributed by atoms with E-state index in [0.29, 0.717) is 11.5 Å². The summed E-state index contributed by atoms with van der Waals surface area (Å²) >= 11 is 0. The highest BCUT2D eigenvalue weighted by Gasteiger charge is 2.00. The molecule has 0 saturated heterocycles. The van der Waals surface area contributed by atoms with Crippen LogP contribution in [-0.2, 0) is 0 Å². The topological polar surface area (TPSA) is 80.5 Å². The van der Waals surface area contributed by atoms with Gasteiger partial charge in [0.1, 0.15) is 0 Å². The first-order valence-electron chi connectivity index (χ1n) is 3.45. The molecule has 6 heteroatoms. The Labute approximate surface area is 80.8 Å². The molecule has 1 heterocycles. The molecule has 68 valence electrons. The molecule has 1 aromatic carbocycles. The zero-order valence-electron chi connectivity index (χ0n) is 6.64. The van der Waals surface area contributed by atoms with Gasteiger partial charge in [-0.1, -0.05) is 12.1 Å². The molecule has 0 aliphatic heterocycles. The Hall–Kier alpha value is -1.62. The fourth-order valence-electron chi connectivity index (χ4n) is 0.962. The number of anilines is 1. The van der Waals surface area contributed by atoms with Crippen molar-refractivity contribution in [1.29, 1.82) is 0 Å². The average molecular weight is 198 g/mol. The second-order valence-corrected chi connectivity index (χ2v) is 2.36. The van der Waals surface area contributed by atoms with E-state index in [1.165, 1.54) is 0 Å². The maximum absolute atomic E-state index is 5.58. The third-order valence-corrected chi connectivity index (χ3v) is 1.49. The van der Waals surface area contributed by atoms with Gasteiger partial charge in [0.25, 0.3) is 0 Å². The van der Waals surface area contributed by atoms with Crippen LogP contribution in [0.1, 0.15) is 0 Å². The van der Waals surface area contributed by atoms with Crippen molar-refractivity contribution >= 4 is 18.1 Å². The van der Waals surface area contributed by atoms with Crippen molar-refractivity contribution in [2.45, 2.75) is 0 Å². The van der Waals surface area contributed by atoms with Crippen molar-refractivity contribution in [2.24, 2.45) is 0 Å². The number of rotatable bonds is 1. The number of H-pyrrole nitrogens is 1. The molecule has 13 heavy (non-hydrogen) atoms. The lowest BCUT2D eigenvalue weighted by Crippen LogP contribution is -1.86. The summed E-state index contributed by atoms with van der Waals surface area (Å²) in [5, 5.41) is 13.5. The molecule has 0 amide bonds. The number of nitrogens with two attached hydrogens (primary N) is 1. The second-order valence-electron chi connectivity index (χ2n) is 2.36. The summed E-state index contributed by atoms with van der Waals surface area (Å²) in [6.07, 6.45) is 0. The predicted molar refractivity (Wildman–Crippen MR) is 51.3 cm³/mol. The van der Waals surface area contributed by atoms with E-state index in [2.05, 4.69) is 20.6 Å². The summed E-state index contributed by atoms with van der Waals surface area (Å²) in [5.74, 6) is 0.558. The summed E-state index contributed by atoms with van der Waals surface area (Å²) < 4.78 is 0. The molecule has 0 aliphatic rings. The van der Waals surface area contributed by atoms with Crippen molar-refractivity contribution in [3.05, 3.63) is 24.3 Å². The first kappa shape index (κ1) is 9.47. The third-order valence-electron chi connectivity index (χ3n) is 1.49. The number of nitrogens with one attached hydrogen (secondary N) is 1. The van der Waals surface area contributed by atoms with Crippen LogP contribution in [0.3, 0.4) is 0 Å². The van der Waals surface area contributed by atoms with Crippen molar-refractivity contribution in [2.75, 3.05) is 5.73 Å². The number of nitrogens with zero attached hydrogens (tertiary/aromatic N) is 3. The molecule has 2 rings (SSSR count). The van der Waals surface area contributed by atoms with E-state index >= 15 is 0 Å². The molecule has 0 atom stereocenters. The fourth-order valence-corrected chi connectivity index (χ4v) is 0.962. The molecule has 0 unspecified atom stereocenters. The number of hydrogen-bond donors (Lipinski definition) is 2. The van der Waals surface area contributed by atoms with Gasteiger partial charge in [-0.15, -0.1) is 22.6 Å². The zero-order chi connectivity index (χ0) is 8.39. The predicted octanol–water partition coefficient (Wildman–Crippen LogP) is 0.871. The van der Waals surface area contributed by atoms with Gasteiger partial charge in [0.15, 0.2) is 0 Å². The first-order chi connectivity index (χ1) is 5.86. The molecule has 0 radical (unpaired) electrons. The number of aromatic nitrogens is 4. The van der Waals surface area contributed by atoms with Crippen molar-refractivity contribution in [3.8, 4) is 11.4 Å². The lowest BCUT2D eigenvalue weighted by atomic mass is 10.2. The van der Waals surface area contributed by atoms with Gasteiger partial charge in [0.05, 0.1) is 0 Å². The lowest BCUT2D eigenvalue weighted by Gasteiger charge is -1.94. The van der Waals surface area contributed by atoms with Crippen LogP contribution in [0.15, 0.2) is 24.3 Å². The van der Waals surface area contributed by atoms with Gasteiger partial charge in [-0.25, -0.2) is 0 Å². The summed E-state index contributed by atoms with van der Waals surface area (Å²) in [6.45, 7) is 0. The van der Waals surface area contributed by atoms with Crippen LogP contribution in [0.5, 0.6) is 0 Å². The molecule has 1 aromatic heterocycles. The van der Waals surface area contributed by atoms with Crippen LogP contribution in [0.4, 0.5) is 5.69 Å². The molecular formula is C7H8ClN5. The van der Waals surface area contributed by atoms with Gasteiger partial charge < -0.3 is 5.73 Å². The van der Waals surface area contributed by atoms with E-state index in [9.17, 15) is 0 Å².